The second kappa shape index (κ2) is 7.43. The highest BCUT2D eigenvalue weighted by atomic mass is 16.5. The van der Waals surface area contributed by atoms with Crippen LogP contribution in [-0.2, 0) is 9.53 Å². The molecule has 1 aliphatic heterocycles. The van der Waals surface area contributed by atoms with Crippen LogP contribution in [0.4, 0.5) is 5.69 Å². The van der Waals surface area contributed by atoms with Crippen LogP contribution in [0.15, 0.2) is 18.2 Å². The van der Waals surface area contributed by atoms with E-state index in [-0.39, 0.29) is 17.9 Å². The number of ether oxygens (including phenoxy) is 2. The zero-order chi connectivity index (χ0) is 15.2. The number of anilines is 1. The van der Waals surface area contributed by atoms with E-state index in [9.17, 15) is 4.79 Å². The molecule has 1 unspecified atom stereocenters. The van der Waals surface area contributed by atoms with Crippen molar-refractivity contribution in [2.75, 3.05) is 25.1 Å². The third-order valence-corrected chi connectivity index (χ3v) is 3.71. The van der Waals surface area contributed by atoms with Crippen molar-refractivity contribution in [1.82, 2.24) is 0 Å². The molecule has 0 saturated carbocycles. The van der Waals surface area contributed by atoms with Gasteiger partial charge in [-0.05, 0) is 30.7 Å². The third-order valence-electron chi connectivity index (χ3n) is 3.71. The number of aryl methyl sites for hydroxylation is 1. The maximum Gasteiger partial charge on any atom is 0.228 e. The minimum Gasteiger partial charge on any atom is -0.490 e. The van der Waals surface area contributed by atoms with E-state index < -0.39 is 0 Å². The average Bonchev–Trinajstić information content (AvgIpc) is 2.50. The zero-order valence-corrected chi connectivity index (χ0v) is 12.7. The van der Waals surface area contributed by atoms with Crippen LogP contribution in [0.1, 0.15) is 25.3 Å². The van der Waals surface area contributed by atoms with Gasteiger partial charge >= 0.3 is 0 Å². The number of amides is 1. The van der Waals surface area contributed by atoms with Crippen LogP contribution in [0, 0.1) is 12.8 Å². The predicted molar refractivity (Wildman–Crippen MR) is 82.5 cm³/mol. The van der Waals surface area contributed by atoms with E-state index in [1.54, 1.807) is 0 Å². The molecule has 0 aliphatic carbocycles. The number of carbonyl (C=O) groups excluding carboxylic acids is 1. The molecule has 1 aliphatic rings. The van der Waals surface area contributed by atoms with Gasteiger partial charge in [0.05, 0.1) is 13.2 Å². The molecule has 5 nitrogen and oxygen atoms in total. The lowest BCUT2D eigenvalue weighted by Gasteiger charge is -2.24. The Morgan fingerprint density at radius 1 is 1.48 bits per heavy atom. The van der Waals surface area contributed by atoms with E-state index in [4.69, 9.17) is 15.2 Å². The Labute approximate surface area is 125 Å². The van der Waals surface area contributed by atoms with E-state index in [0.717, 1.165) is 43.1 Å². The molecule has 1 atom stereocenters. The first kappa shape index (κ1) is 15.8. The van der Waals surface area contributed by atoms with Gasteiger partial charge < -0.3 is 20.5 Å². The Morgan fingerprint density at radius 2 is 2.19 bits per heavy atom. The molecule has 1 amide bonds. The van der Waals surface area contributed by atoms with Crippen LogP contribution < -0.4 is 15.8 Å². The number of hydrogen-bond acceptors (Lipinski definition) is 4. The van der Waals surface area contributed by atoms with Gasteiger partial charge in [-0.2, -0.15) is 0 Å². The molecule has 1 aromatic carbocycles. The van der Waals surface area contributed by atoms with Gasteiger partial charge in [0.1, 0.15) is 11.9 Å². The number of hydrogen-bond donors (Lipinski definition) is 2. The van der Waals surface area contributed by atoms with Crippen molar-refractivity contribution in [3.05, 3.63) is 23.8 Å². The molecule has 5 heteroatoms. The molecule has 2 rings (SSSR count). The van der Waals surface area contributed by atoms with Crippen molar-refractivity contribution in [1.29, 1.82) is 0 Å². The molecule has 0 spiro atoms. The van der Waals surface area contributed by atoms with Crippen molar-refractivity contribution in [3.63, 3.8) is 0 Å². The van der Waals surface area contributed by atoms with Crippen molar-refractivity contribution < 1.29 is 14.3 Å². The molecular weight excluding hydrogens is 268 g/mol. The highest BCUT2D eigenvalue weighted by molar-refractivity contribution is 5.92. The molecule has 3 N–H and O–H groups in total. The molecular formula is C16H24N2O3. The van der Waals surface area contributed by atoms with Crippen molar-refractivity contribution in [2.24, 2.45) is 11.7 Å². The van der Waals surface area contributed by atoms with E-state index >= 15 is 0 Å². The Morgan fingerprint density at radius 3 is 2.81 bits per heavy atom. The van der Waals surface area contributed by atoms with E-state index in [1.165, 1.54) is 0 Å². The third kappa shape index (κ3) is 4.44. The Bertz CT molecular complexity index is 484. The number of carbonyl (C=O) groups is 1. The van der Waals surface area contributed by atoms with Crippen LogP contribution in [0.2, 0.25) is 0 Å². The summed E-state index contributed by atoms with van der Waals surface area (Å²) in [4.78, 5) is 11.8. The number of nitrogens with two attached hydrogens (primary N) is 1. The molecule has 0 bridgehead atoms. The highest BCUT2D eigenvalue weighted by Gasteiger charge is 2.16. The van der Waals surface area contributed by atoms with Crippen LogP contribution in [0.3, 0.4) is 0 Å². The van der Waals surface area contributed by atoms with Gasteiger partial charge in [0, 0.05) is 31.0 Å². The summed E-state index contributed by atoms with van der Waals surface area (Å²) in [5.41, 5.74) is 7.28. The number of nitrogens with one attached hydrogen (secondary N) is 1. The fraction of sp³-hybridized carbons (Fsp3) is 0.562. The van der Waals surface area contributed by atoms with E-state index in [2.05, 4.69) is 5.32 Å². The molecule has 1 aromatic rings. The lowest BCUT2D eigenvalue weighted by Crippen LogP contribution is -2.27. The summed E-state index contributed by atoms with van der Waals surface area (Å²) in [6.07, 6.45) is 2.06. The maximum atomic E-state index is 11.8. The molecule has 0 aromatic heterocycles. The van der Waals surface area contributed by atoms with Gasteiger partial charge in [0.2, 0.25) is 5.91 Å². The average molecular weight is 292 g/mol. The summed E-state index contributed by atoms with van der Waals surface area (Å²) in [6.45, 7) is 5.65. The summed E-state index contributed by atoms with van der Waals surface area (Å²) in [6, 6.07) is 5.70. The minimum atomic E-state index is -0.191. The maximum absolute atomic E-state index is 11.8. The normalized spacial score (nSPS) is 17.3. The van der Waals surface area contributed by atoms with Crippen molar-refractivity contribution in [2.45, 2.75) is 32.8 Å². The standard InChI is InChI=1S/C16H24N2O3/c1-11-9-13(18-16(19)12(2)10-17)3-4-15(11)21-14-5-7-20-8-6-14/h3-4,9,12,14H,5-8,10,17H2,1-2H3,(H,18,19). The summed E-state index contributed by atoms with van der Waals surface area (Å²) in [5, 5.41) is 2.87. The largest absolute Gasteiger partial charge is 0.490 e. The first-order valence-corrected chi connectivity index (χ1v) is 7.46. The fourth-order valence-corrected chi connectivity index (χ4v) is 2.21. The zero-order valence-electron chi connectivity index (χ0n) is 12.7. The van der Waals surface area contributed by atoms with Crippen LogP contribution in [0.25, 0.3) is 0 Å². The molecule has 0 radical (unpaired) electrons. The summed E-state index contributed by atoms with van der Waals surface area (Å²) < 4.78 is 11.3. The minimum absolute atomic E-state index is 0.0602. The first-order chi connectivity index (χ1) is 10.1. The van der Waals surface area contributed by atoms with Crippen LogP contribution in [-0.4, -0.2) is 31.8 Å². The second-order valence-corrected chi connectivity index (χ2v) is 5.54. The van der Waals surface area contributed by atoms with Gasteiger partial charge in [-0.3, -0.25) is 4.79 Å². The Hall–Kier alpha value is -1.59. The van der Waals surface area contributed by atoms with E-state index in [1.807, 2.05) is 32.0 Å². The topological polar surface area (TPSA) is 73.6 Å². The number of rotatable bonds is 5. The number of benzene rings is 1. The van der Waals surface area contributed by atoms with Crippen LogP contribution in [0.5, 0.6) is 5.75 Å². The quantitative estimate of drug-likeness (QED) is 0.871. The highest BCUT2D eigenvalue weighted by Crippen LogP contribution is 2.25. The molecule has 116 valence electrons. The van der Waals surface area contributed by atoms with Gasteiger partial charge in [-0.25, -0.2) is 0 Å². The summed E-state index contributed by atoms with van der Waals surface area (Å²) in [5.74, 6) is 0.616. The predicted octanol–water partition coefficient (Wildman–Crippen LogP) is 2.09. The van der Waals surface area contributed by atoms with Gasteiger partial charge in [-0.1, -0.05) is 6.92 Å². The molecule has 1 heterocycles. The van der Waals surface area contributed by atoms with Gasteiger partial charge in [-0.15, -0.1) is 0 Å². The smallest absolute Gasteiger partial charge is 0.228 e. The fourth-order valence-electron chi connectivity index (χ4n) is 2.21. The summed E-state index contributed by atoms with van der Waals surface area (Å²) in [7, 11) is 0. The van der Waals surface area contributed by atoms with Gasteiger partial charge in [0.15, 0.2) is 0 Å². The first-order valence-electron chi connectivity index (χ1n) is 7.46. The Kier molecular flexibility index (Phi) is 5.59. The molecule has 1 fully saturated rings. The SMILES string of the molecule is Cc1cc(NC(=O)C(C)CN)ccc1OC1CCOCC1. The van der Waals surface area contributed by atoms with Crippen molar-refractivity contribution >= 4 is 11.6 Å². The van der Waals surface area contributed by atoms with E-state index in [0.29, 0.717) is 6.54 Å². The van der Waals surface area contributed by atoms with Crippen LogP contribution >= 0.6 is 0 Å². The molecule has 21 heavy (non-hydrogen) atoms. The lowest BCUT2D eigenvalue weighted by molar-refractivity contribution is -0.119. The van der Waals surface area contributed by atoms with Crippen molar-refractivity contribution in [3.8, 4) is 5.75 Å². The summed E-state index contributed by atoms with van der Waals surface area (Å²) >= 11 is 0. The second-order valence-electron chi connectivity index (χ2n) is 5.54. The molecule has 1 saturated heterocycles. The monoisotopic (exact) mass is 292 g/mol. The van der Waals surface area contributed by atoms with Gasteiger partial charge in [0.25, 0.3) is 0 Å². The lowest BCUT2D eigenvalue weighted by atomic mass is 10.1. The Balaban J connectivity index is 1.98.